The zero-order valence-electron chi connectivity index (χ0n) is 24.3. The van der Waals surface area contributed by atoms with Gasteiger partial charge in [-0.05, 0) is 75.2 Å². The number of benzene rings is 3. The van der Waals surface area contributed by atoms with Crippen LogP contribution in [-0.2, 0) is 19.0 Å². The van der Waals surface area contributed by atoms with Gasteiger partial charge in [0.25, 0.3) is 0 Å². The molecule has 1 aliphatic rings. The van der Waals surface area contributed by atoms with Gasteiger partial charge in [-0.1, -0.05) is 35.9 Å². The smallest absolute Gasteiger partial charge is 0.350 e. The Labute approximate surface area is 240 Å². The normalized spacial score (nSPS) is 19.5. The van der Waals surface area contributed by atoms with Crippen molar-refractivity contribution in [2.45, 2.75) is 57.9 Å². The Balaban J connectivity index is 1.58. The van der Waals surface area contributed by atoms with Gasteiger partial charge in [0.05, 0.1) is 27.4 Å². The fourth-order valence-electron chi connectivity index (χ4n) is 4.49. The molecule has 9 nitrogen and oxygen atoms in total. The van der Waals surface area contributed by atoms with Crippen molar-refractivity contribution in [2.24, 2.45) is 0 Å². The van der Waals surface area contributed by atoms with Crippen molar-refractivity contribution in [1.82, 2.24) is 0 Å². The predicted octanol–water partition coefficient (Wildman–Crippen LogP) is 5.33. The second kappa shape index (κ2) is 13.2. The van der Waals surface area contributed by atoms with Gasteiger partial charge in [0.1, 0.15) is 23.7 Å². The second-order valence-corrected chi connectivity index (χ2v) is 10.1. The third kappa shape index (κ3) is 7.49. The van der Waals surface area contributed by atoms with Crippen LogP contribution in [0.5, 0.6) is 23.0 Å². The summed E-state index contributed by atoms with van der Waals surface area (Å²) in [5.41, 5.74) is 2.34. The highest BCUT2D eigenvalue weighted by atomic mass is 16.7. The third-order valence-electron chi connectivity index (χ3n) is 6.69. The lowest BCUT2D eigenvalue weighted by Gasteiger charge is -2.41. The summed E-state index contributed by atoms with van der Waals surface area (Å²) in [5, 5.41) is 11.2. The Kier molecular flexibility index (Phi) is 9.75. The molecule has 0 spiro atoms. The molecule has 4 rings (SSSR count). The van der Waals surface area contributed by atoms with Crippen molar-refractivity contribution >= 4 is 5.97 Å². The summed E-state index contributed by atoms with van der Waals surface area (Å²) in [6, 6.07) is 19.7. The summed E-state index contributed by atoms with van der Waals surface area (Å²) in [5.74, 6) is 0.470. The summed E-state index contributed by atoms with van der Waals surface area (Å²) in [7, 11) is 3.12. The summed E-state index contributed by atoms with van der Waals surface area (Å²) < 4.78 is 40.5. The van der Waals surface area contributed by atoms with Crippen LogP contribution >= 0.6 is 0 Å². The number of ether oxygens (including phenoxy) is 7. The van der Waals surface area contributed by atoms with Crippen LogP contribution in [0.3, 0.4) is 0 Å². The van der Waals surface area contributed by atoms with Crippen LogP contribution in [0.25, 0.3) is 0 Å². The van der Waals surface area contributed by atoms with Gasteiger partial charge in [-0.15, -0.1) is 0 Å². The van der Waals surface area contributed by atoms with Gasteiger partial charge in [0, 0.05) is 0 Å². The Morgan fingerprint density at radius 1 is 0.976 bits per heavy atom. The van der Waals surface area contributed by atoms with Crippen LogP contribution in [0, 0.1) is 6.92 Å². The van der Waals surface area contributed by atoms with Crippen molar-refractivity contribution in [3.63, 3.8) is 0 Å². The maximum Gasteiger partial charge on any atom is 0.350 e. The van der Waals surface area contributed by atoms with Gasteiger partial charge in [0.15, 0.2) is 23.4 Å². The summed E-state index contributed by atoms with van der Waals surface area (Å²) in [6.45, 7) is 7.77. The molecule has 1 heterocycles. The van der Waals surface area contributed by atoms with Crippen LogP contribution in [0.1, 0.15) is 49.7 Å². The molecule has 220 valence electrons. The topological polar surface area (TPSA) is 102 Å². The number of hydrogen-bond donors (Lipinski definition) is 1. The van der Waals surface area contributed by atoms with Gasteiger partial charge in [0.2, 0.25) is 6.10 Å². The number of aliphatic hydroxyl groups is 1. The number of rotatable bonds is 11. The summed E-state index contributed by atoms with van der Waals surface area (Å²) in [6.07, 6.45) is -3.57. The third-order valence-corrected chi connectivity index (χ3v) is 6.69. The Hall–Kier alpha value is -3.79. The van der Waals surface area contributed by atoms with Crippen LogP contribution < -0.4 is 18.9 Å². The molecule has 1 fully saturated rings. The summed E-state index contributed by atoms with van der Waals surface area (Å²) >= 11 is 0. The second-order valence-electron chi connectivity index (χ2n) is 10.1. The van der Waals surface area contributed by atoms with Gasteiger partial charge in [-0.3, -0.25) is 0 Å². The van der Waals surface area contributed by atoms with E-state index in [1.54, 1.807) is 44.4 Å². The van der Waals surface area contributed by atoms with E-state index in [1.807, 2.05) is 57.2 Å². The average Bonchev–Trinajstić information content (AvgIpc) is 2.97. The van der Waals surface area contributed by atoms with Gasteiger partial charge in [-0.2, -0.15) is 0 Å². The molecule has 0 amide bonds. The highest BCUT2D eigenvalue weighted by Gasteiger charge is 2.39. The number of aryl methyl sites for hydroxylation is 1. The number of carbonyl (C=O) groups excluding carboxylic acids is 1. The van der Waals surface area contributed by atoms with E-state index in [0.29, 0.717) is 22.8 Å². The van der Waals surface area contributed by atoms with E-state index in [0.717, 1.165) is 16.9 Å². The molecule has 1 aliphatic heterocycles. The lowest BCUT2D eigenvalue weighted by Crippen LogP contribution is -2.46. The lowest BCUT2D eigenvalue weighted by atomic mass is 10.0. The van der Waals surface area contributed by atoms with E-state index in [2.05, 4.69) is 0 Å². The molecule has 0 aromatic heterocycles. The van der Waals surface area contributed by atoms with E-state index in [9.17, 15) is 9.90 Å². The maximum absolute atomic E-state index is 12.8. The molecule has 0 aliphatic carbocycles. The minimum atomic E-state index is -1.34. The van der Waals surface area contributed by atoms with Crippen LogP contribution in [0.15, 0.2) is 66.7 Å². The Morgan fingerprint density at radius 3 is 2.29 bits per heavy atom. The van der Waals surface area contributed by atoms with Crippen LogP contribution in [0.2, 0.25) is 0 Å². The molecule has 1 N–H and O–H groups in total. The molecular formula is C32H38O9. The molecule has 0 radical (unpaired) electrons. The predicted molar refractivity (Wildman–Crippen MR) is 151 cm³/mol. The summed E-state index contributed by atoms with van der Waals surface area (Å²) in [4.78, 5) is 12.8. The molecular weight excluding hydrogens is 528 g/mol. The van der Waals surface area contributed by atoms with Crippen LogP contribution in [-0.4, -0.2) is 56.5 Å². The minimum Gasteiger partial charge on any atom is -0.497 e. The van der Waals surface area contributed by atoms with Gasteiger partial charge < -0.3 is 38.3 Å². The van der Waals surface area contributed by atoms with E-state index < -0.39 is 36.2 Å². The first-order valence-corrected chi connectivity index (χ1v) is 13.5. The first-order valence-electron chi connectivity index (χ1n) is 13.5. The fraction of sp³-hybridized carbons (Fsp3) is 0.406. The van der Waals surface area contributed by atoms with Crippen LogP contribution in [0.4, 0.5) is 0 Å². The Morgan fingerprint density at radius 2 is 1.66 bits per heavy atom. The first-order chi connectivity index (χ1) is 19.6. The van der Waals surface area contributed by atoms with Crippen molar-refractivity contribution in [1.29, 1.82) is 0 Å². The zero-order valence-corrected chi connectivity index (χ0v) is 24.3. The van der Waals surface area contributed by atoms with E-state index >= 15 is 0 Å². The minimum absolute atomic E-state index is 0.146. The van der Waals surface area contributed by atoms with Gasteiger partial charge >= 0.3 is 5.97 Å². The van der Waals surface area contributed by atoms with Crippen molar-refractivity contribution in [3.05, 3.63) is 83.4 Å². The SMILES string of the molecule is CCOC(=O)C(Oc1ccc(C)cc1)C(O)c1ccc(O[C@@H]2COC(C)(C)O[C@H]2c2ccc(OC)cc2)c(OC)c1. The molecule has 1 saturated heterocycles. The molecule has 3 aromatic carbocycles. The number of aliphatic hydroxyl groups excluding tert-OH is 1. The quantitative estimate of drug-likeness (QED) is 0.309. The maximum atomic E-state index is 12.8. The molecule has 41 heavy (non-hydrogen) atoms. The number of hydrogen-bond acceptors (Lipinski definition) is 9. The number of esters is 1. The monoisotopic (exact) mass is 566 g/mol. The van der Waals surface area contributed by atoms with Crippen molar-refractivity contribution in [2.75, 3.05) is 27.4 Å². The average molecular weight is 567 g/mol. The lowest BCUT2D eigenvalue weighted by molar-refractivity contribution is -0.302. The van der Waals surface area contributed by atoms with E-state index in [1.165, 1.54) is 7.11 Å². The highest BCUT2D eigenvalue weighted by Crippen LogP contribution is 2.39. The molecule has 3 aromatic rings. The molecule has 2 unspecified atom stereocenters. The largest absolute Gasteiger partial charge is 0.497 e. The zero-order chi connectivity index (χ0) is 29.6. The standard InChI is InChI=1S/C32H38O9/c1-7-37-31(34)30(39-24-13-8-20(2)9-14-24)28(33)22-12-17-25(26(18-22)36-6)40-27-19-38-32(3,4)41-29(27)21-10-15-23(35-5)16-11-21/h8-18,27-30,33H,7,19H2,1-6H3/t27-,28?,29+,30?/m1/s1. The van der Waals surface area contributed by atoms with Gasteiger partial charge in [-0.25, -0.2) is 4.79 Å². The van der Waals surface area contributed by atoms with E-state index in [-0.39, 0.29) is 13.2 Å². The number of carbonyl (C=O) groups is 1. The Bertz CT molecular complexity index is 1290. The number of methoxy groups -OCH3 is 2. The highest BCUT2D eigenvalue weighted by molar-refractivity contribution is 5.76. The van der Waals surface area contributed by atoms with Crippen molar-refractivity contribution < 1.29 is 43.1 Å². The molecule has 0 bridgehead atoms. The molecule has 4 atom stereocenters. The molecule has 9 heteroatoms. The van der Waals surface area contributed by atoms with E-state index in [4.69, 9.17) is 33.2 Å². The fourth-order valence-corrected chi connectivity index (χ4v) is 4.49. The molecule has 0 saturated carbocycles. The van der Waals surface area contributed by atoms with Crippen molar-refractivity contribution in [3.8, 4) is 23.0 Å². The first kappa shape index (κ1) is 30.2.